The second kappa shape index (κ2) is 8.85. The van der Waals surface area contributed by atoms with E-state index in [1.807, 2.05) is 36.4 Å². The molecular weight excluding hydrogens is 384 g/mol. The molecule has 1 amide bonds. The van der Waals surface area contributed by atoms with E-state index >= 15 is 0 Å². The van der Waals surface area contributed by atoms with E-state index in [0.717, 1.165) is 29.8 Å². The van der Waals surface area contributed by atoms with Crippen molar-refractivity contribution >= 4 is 17.6 Å². The van der Waals surface area contributed by atoms with Gasteiger partial charge in [-0.1, -0.05) is 18.2 Å². The normalized spacial score (nSPS) is 21.5. The summed E-state index contributed by atoms with van der Waals surface area (Å²) in [6.07, 6.45) is 0.988. The molecule has 0 spiro atoms. The zero-order chi connectivity index (χ0) is 21.1. The SMILES string of the molecule is COC(=O)c1cccc(CN2CC[C@@H](Oc3ccc4c(c3)NC(=O)CC4)[C@H](O)C2)c1. The van der Waals surface area contributed by atoms with Crippen LogP contribution in [0.25, 0.3) is 0 Å². The number of likely N-dealkylation sites (tertiary alicyclic amines) is 1. The largest absolute Gasteiger partial charge is 0.488 e. The molecule has 30 heavy (non-hydrogen) atoms. The quantitative estimate of drug-likeness (QED) is 0.736. The molecule has 1 fully saturated rings. The molecule has 0 radical (unpaired) electrons. The van der Waals surface area contributed by atoms with Gasteiger partial charge in [0.05, 0.1) is 12.7 Å². The summed E-state index contributed by atoms with van der Waals surface area (Å²) in [4.78, 5) is 25.5. The molecule has 0 unspecified atom stereocenters. The van der Waals surface area contributed by atoms with Crippen molar-refractivity contribution in [2.24, 2.45) is 0 Å². The number of carbonyl (C=O) groups is 2. The summed E-state index contributed by atoms with van der Waals surface area (Å²) in [5.41, 5.74) is 3.41. The van der Waals surface area contributed by atoms with E-state index in [1.54, 1.807) is 6.07 Å². The molecule has 2 aromatic rings. The number of aryl methyl sites for hydroxylation is 1. The maximum Gasteiger partial charge on any atom is 0.337 e. The van der Waals surface area contributed by atoms with Crippen LogP contribution in [0.15, 0.2) is 42.5 Å². The molecule has 2 aromatic carbocycles. The number of methoxy groups -OCH3 is 1. The number of hydrogen-bond donors (Lipinski definition) is 2. The lowest BCUT2D eigenvalue weighted by Crippen LogP contribution is -2.48. The molecule has 2 aliphatic rings. The van der Waals surface area contributed by atoms with Crippen LogP contribution < -0.4 is 10.1 Å². The van der Waals surface area contributed by atoms with Crippen LogP contribution >= 0.6 is 0 Å². The van der Waals surface area contributed by atoms with Gasteiger partial charge < -0.3 is 19.9 Å². The van der Waals surface area contributed by atoms with E-state index in [2.05, 4.69) is 10.2 Å². The van der Waals surface area contributed by atoms with Gasteiger partial charge in [-0.05, 0) is 42.2 Å². The standard InChI is InChI=1S/C23H26N2O5/c1-29-23(28)17-4-2-3-15(11-17)13-25-10-9-21(20(26)14-25)30-18-7-5-16-6-8-22(27)24-19(16)12-18/h2-5,7,11-12,20-21,26H,6,8-10,13-14H2,1H3,(H,24,27)/t20-,21-/m1/s1. The molecule has 2 atom stereocenters. The Morgan fingerprint density at radius 1 is 1.23 bits per heavy atom. The van der Waals surface area contributed by atoms with E-state index < -0.39 is 6.10 Å². The zero-order valence-corrected chi connectivity index (χ0v) is 17.0. The van der Waals surface area contributed by atoms with Crippen LogP contribution in [0, 0.1) is 0 Å². The van der Waals surface area contributed by atoms with Crippen molar-refractivity contribution in [3.05, 3.63) is 59.2 Å². The van der Waals surface area contributed by atoms with Gasteiger partial charge in [-0.15, -0.1) is 0 Å². The lowest BCUT2D eigenvalue weighted by molar-refractivity contribution is -0.116. The number of carbonyl (C=O) groups excluding carboxylic acids is 2. The van der Waals surface area contributed by atoms with E-state index in [4.69, 9.17) is 9.47 Å². The number of nitrogens with one attached hydrogen (secondary N) is 1. The van der Waals surface area contributed by atoms with Crippen molar-refractivity contribution in [2.75, 3.05) is 25.5 Å². The number of benzene rings is 2. The fourth-order valence-corrected chi connectivity index (χ4v) is 4.03. The Kier molecular flexibility index (Phi) is 6.01. The maximum atomic E-state index is 11.7. The average molecular weight is 410 g/mol. The second-order valence-electron chi connectivity index (χ2n) is 7.81. The number of amides is 1. The summed E-state index contributed by atoms with van der Waals surface area (Å²) in [5.74, 6) is 0.314. The molecule has 2 aliphatic heterocycles. The van der Waals surface area contributed by atoms with Crippen LogP contribution in [0.5, 0.6) is 5.75 Å². The number of anilines is 1. The Balaban J connectivity index is 1.35. The first-order valence-corrected chi connectivity index (χ1v) is 10.2. The van der Waals surface area contributed by atoms with Crippen molar-refractivity contribution in [3.63, 3.8) is 0 Å². The van der Waals surface area contributed by atoms with Gasteiger partial charge in [0.25, 0.3) is 0 Å². The summed E-state index contributed by atoms with van der Waals surface area (Å²) < 4.78 is 10.8. The average Bonchev–Trinajstić information content (AvgIpc) is 2.75. The highest BCUT2D eigenvalue weighted by molar-refractivity contribution is 5.94. The van der Waals surface area contributed by atoms with Crippen molar-refractivity contribution in [1.82, 2.24) is 4.90 Å². The summed E-state index contributed by atoms with van der Waals surface area (Å²) in [7, 11) is 1.37. The molecule has 7 nitrogen and oxygen atoms in total. The van der Waals surface area contributed by atoms with Crippen LogP contribution in [-0.4, -0.2) is 54.3 Å². The van der Waals surface area contributed by atoms with Gasteiger partial charge in [-0.2, -0.15) is 0 Å². The highest BCUT2D eigenvalue weighted by Gasteiger charge is 2.29. The molecule has 1 saturated heterocycles. The predicted molar refractivity (Wildman–Crippen MR) is 111 cm³/mol. The third kappa shape index (κ3) is 4.63. The van der Waals surface area contributed by atoms with Crippen LogP contribution in [-0.2, 0) is 22.5 Å². The first kappa shape index (κ1) is 20.4. The number of hydrogen-bond acceptors (Lipinski definition) is 6. The van der Waals surface area contributed by atoms with Crippen molar-refractivity contribution in [1.29, 1.82) is 0 Å². The van der Waals surface area contributed by atoms with Gasteiger partial charge in [-0.3, -0.25) is 9.69 Å². The number of esters is 1. The number of ether oxygens (including phenoxy) is 2. The van der Waals surface area contributed by atoms with Gasteiger partial charge in [0, 0.05) is 37.8 Å². The first-order valence-electron chi connectivity index (χ1n) is 10.2. The van der Waals surface area contributed by atoms with Gasteiger partial charge in [0.2, 0.25) is 5.91 Å². The van der Waals surface area contributed by atoms with Gasteiger partial charge in [0.1, 0.15) is 18.0 Å². The third-order valence-corrected chi connectivity index (χ3v) is 5.62. The Labute approximate surface area is 175 Å². The molecule has 0 saturated carbocycles. The fraction of sp³-hybridized carbons (Fsp3) is 0.391. The van der Waals surface area contributed by atoms with Crippen LogP contribution in [0.1, 0.15) is 34.3 Å². The van der Waals surface area contributed by atoms with E-state index in [-0.39, 0.29) is 18.0 Å². The highest BCUT2D eigenvalue weighted by Crippen LogP contribution is 2.29. The highest BCUT2D eigenvalue weighted by atomic mass is 16.5. The minimum absolute atomic E-state index is 0.0178. The number of aliphatic hydroxyl groups excluding tert-OH is 1. The monoisotopic (exact) mass is 410 g/mol. The van der Waals surface area contributed by atoms with Crippen LogP contribution in [0.4, 0.5) is 5.69 Å². The molecular formula is C23H26N2O5. The minimum atomic E-state index is -0.631. The number of piperidine rings is 1. The number of aliphatic hydroxyl groups is 1. The Hall–Kier alpha value is -2.90. The van der Waals surface area contributed by atoms with E-state index in [1.165, 1.54) is 7.11 Å². The summed E-state index contributed by atoms with van der Waals surface area (Å²) in [6, 6.07) is 13.1. The number of fused-ring (bicyclic) bond motifs is 1. The van der Waals surface area contributed by atoms with Crippen LogP contribution in [0.2, 0.25) is 0 Å². The summed E-state index contributed by atoms with van der Waals surface area (Å²) in [5, 5.41) is 13.5. The lowest BCUT2D eigenvalue weighted by atomic mass is 10.0. The summed E-state index contributed by atoms with van der Waals surface area (Å²) in [6.45, 7) is 1.89. The summed E-state index contributed by atoms with van der Waals surface area (Å²) >= 11 is 0. The third-order valence-electron chi connectivity index (χ3n) is 5.62. The molecule has 4 rings (SSSR count). The lowest BCUT2D eigenvalue weighted by Gasteiger charge is -2.36. The smallest absolute Gasteiger partial charge is 0.337 e. The fourth-order valence-electron chi connectivity index (χ4n) is 4.03. The molecule has 2 N–H and O–H groups in total. The minimum Gasteiger partial charge on any atom is -0.488 e. The topological polar surface area (TPSA) is 88.1 Å². The van der Waals surface area contributed by atoms with Gasteiger partial charge in [0.15, 0.2) is 0 Å². The van der Waals surface area contributed by atoms with Crippen LogP contribution in [0.3, 0.4) is 0 Å². The maximum absolute atomic E-state index is 11.7. The molecule has 158 valence electrons. The predicted octanol–water partition coefficient (Wildman–Crippen LogP) is 2.37. The van der Waals surface area contributed by atoms with Crippen molar-refractivity contribution < 1.29 is 24.2 Å². The Morgan fingerprint density at radius 2 is 2.10 bits per heavy atom. The number of nitrogens with zero attached hydrogens (tertiary/aromatic N) is 1. The first-order chi connectivity index (χ1) is 14.5. The molecule has 0 bridgehead atoms. The molecule has 0 aliphatic carbocycles. The number of β-amino-alcohol motifs (C(OH)–C–C–N with tert-alkyl or cyclic N) is 1. The van der Waals surface area contributed by atoms with Gasteiger partial charge in [-0.25, -0.2) is 4.79 Å². The van der Waals surface area contributed by atoms with E-state index in [0.29, 0.717) is 37.2 Å². The Bertz CT molecular complexity index is 945. The second-order valence-corrected chi connectivity index (χ2v) is 7.81. The molecule has 2 heterocycles. The van der Waals surface area contributed by atoms with Crippen molar-refractivity contribution in [2.45, 2.75) is 38.0 Å². The number of rotatable bonds is 5. The molecule has 7 heteroatoms. The zero-order valence-electron chi connectivity index (χ0n) is 17.0. The Morgan fingerprint density at radius 3 is 2.90 bits per heavy atom. The van der Waals surface area contributed by atoms with E-state index in [9.17, 15) is 14.7 Å². The van der Waals surface area contributed by atoms with Crippen molar-refractivity contribution in [3.8, 4) is 5.75 Å². The molecule has 0 aromatic heterocycles. The van der Waals surface area contributed by atoms with Gasteiger partial charge >= 0.3 is 5.97 Å².